The first-order chi connectivity index (χ1) is 12.4. The van der Waals surface area contributed by atoms with Gasteiger partial charge in [-0.05, 0) is 61.5 Å². The van der Waals surface area contributed by atoms with Gasteiger partial charge in [0.1, 0.15) is 0 Å². The van der Waals surface area contributed by atoms with E-state index in [0.717, 1.165) is 32.1 Å². The number of hydrogen-bond acceptors (Lipinski definition) is 3. The Kier molecular flexibility index (Phi) is 4.49. The minimum absolute atomic E-state index is 0.179. The van der Waals surface area contributed by atoms with Gasteiger partial charge in [-0.25, -0.2) is 13.2 Å². The molecule has 2 bridgehead atoms. The molecule has 0 heterocycles. The highest BCUT2D eigenvalue weighted by Crippen LogP contribution is 2.40. The number of hydrogen-bond donors (Lipinski definition) is 2. The lowest BCUT2D eigenvalue weighted by Crippen LogP contribution is -2.56. The van der Waals surface area contributed by atoms with Crippen molar-refractivity contribution in [2.75, 3.05) is 12.8 Å². The normalized spacial score (nSPS) is 29.2. The van der Waals surface area contributed by atoms with Crippen molar-refractivity contribution < 1.29 is 13.2 Å². The van der Waals surface area contributed by atoms with Crippen molar-refractivity contribution in [1.29, 1.82) is 0 Å². The van der Waals surface area contributed by atoms with Gasteiger partial charge < -0.3 is 10.6 Å². The predicted molar refractivity (Wildman–Crippen MR) is 102 cm³/mol. The molecule has 2 saturated carbocycles. The van der Waals surface area contributed by atoms with Crippen molar-refractivity contribution in [3.05, 3.63) is 35.4 Å². The number of nitrogens with one attached hydrogen (secondary N) is 2. The molecule has 0 aliphatic heterocycles. The highest BCUT2D eigenvalue weighted by atomic mass is 32.2. The van der Waals surface area contributed by atoms with E-state index in [4.69, 9.17) is 0 Å². The van der Waals surface area contributed by atoms with Gasteiger partial charge in [-0.15, -0.1) is 0 Å². The van der Waals surface area contributed by atoms with Crippen LogP contribution in [0.3, 0.4) is 0 Å². The van der Waals surface area contributed by atoms with Crippen molar-refractivity contribution >= 4 is 15.9 Å². The zero-order chi connectivity index (χ0) is 18.4. The van der Waals surface area contributed by atoms with Crippen molar-refractivity contribution in [2.24, 2.45) is 11.8 Å². The second-order valence-corrected chi connectivity index (χ2v) is 10.8. The van der Waals surface area contributed by atoms with Crippen LogP contribution in [0.15, 0.2) is 24.3 Å². The maximum Gasteiger partial charge on any atom is 0.315 e. The van der Waals surface area contributed by atoms with Crippen molar-refractivity contribution in [3.63, 3.8) is 0 Å². The number of carbonyl (C=O) groups is 1. The molecule has 2 amide bonds. The van der Waals surface area contributed by atoms with E-state index in [9.17, 15) is 13.2 Å². The molecule has 0 aromatic heterocycles. The Morgan fingerprint density at radius 1 is 1.12 bits per heavy atom. The van der Waals surface area contributed by atoms with E-state index in [1.165, 1.54) is 17.4 Å². The van der Waals surface area contributed by atoms with Crippen LogP contribution in [0.4, 0.5) is 4.79 Å². The van der Waals surface area contributed by atoms with Gasteiger partial charge in [-0.2, -0.15) is 0 Å². The highest BCUT2D eigenvalue weighted by molar-refractivity contribution is 7.92. The van der Waals surface area contributed by atoms with Gasteiger partial charge in [0.15, 0.2) is 9.84 Å². The molecule has 3 aliphatic carbocycles. The molecule has 2 unspecified atom stereocenters. The fraction of sp³-hybridized carbons (Fsp3) is 0.650. The zero-order valence-corrected chi connectivity index (χ0v) is 16.1. The minimum Gasteiger partial charge on any atom is -0.337 e. The fourth-order valence-electron chi connectivity index (χ4n) is 5.08. The molecule has 5 nitrogen and oxygen atoms in total. The average Bonchev–Trinajstić information content (AvgIpc) is 2.79. The molecule has 4 rings (SSSR count). The van der Waals surface area contributed by atoms with E-state index in [1.807, 2.05) is 0 Å². The summed E-state index contributed by atoms with van der Waals surface area (Å²) >= 11 is 0. The van der Waals surface area contributed by atoms with Crippen LogP contribution < -0.4 is 10.6 Å². The number of benzene rings is 1. The minimum atomic E-state index is -3.15. The molecule has 0 spiro atoms. The standard InChI is InChI=1S/C20H28N2O3S/c1-26(24,25)20(9-4-10-20)13-21-19(23)22-18-16-7-8-17(18)12-15-6-3-2-5-14(15)11-16/h2-3,5-6,16-18H,4,7-13H2,1H3,(H2,21,22,23). The molecule has 1 aromatic rings. The summed E-state index contributed by atoms with van der Waals surface area (Å²) < 4.78 is 23.4. The Bertz CT molecular complexity index is 768. The Morgan fingerprint density at radius 3 is 2.15 bits per heavy atom. The van der Waals surface area contributed by atoms with Gasteiger partial charge >= 0.3 is 6.03 Å². The van der Waals surface area contributed by atoms with Crippen LogP contribution >= 0.6 is 0 Å². The maximum absolute atomic E-state index is 12.5. The molecule has 3 aliphatic rings. The molecule has 6 heteroatoms. The summed E-state index contributed by atoms with van der Waals surface area (Å²) in [6.07, 6.45) is 7.84. The van der Waals surface area contributed by atoms with Gasteiger partial charge in [0.2, 0.25) is 0 Å². The second kappa shape index (κ2) is 6.55. The molecular formula is C20H28N2O3S. The number of fused-ring (bicyclic) bond motifs is 3. The van der Waals surface area contributed by atoms with Crippen LogP contribution in [-0.4, -0.2) is 38.0 Å². The lowest BCUT2D eigenvalue weighted by molar-refractivity contribution is 0.223. The summed E-state index contributed by atoms with van der Waals surface area (Å²) in [5.41, 5.74) is 2.83. The second-order valence-electron chi connectivity index (χ2n) is 8.44. The summed E-state index contributed by atoms with van der Waals surface area (Å²) in [4.78, 5) is 12.5. The monoisotopic (exact) mass is 376 g/mol. The van der Waals surface area contributed by atoms with Gasteiger partial charge in [-0.3, -0.25) is 0 Å². The average molecular weight is 377 g/mol. The van der Waals surface area contributed by atoms with E-state index in [2.05, 4.69) is 34.9 Å². The lowest BCUT2D eigenvalue weighted by Gasteiger charge is -2.40. The van der Waals surface area contributed by atoms with Gasteiger partial charge in [0.25, 0.3) is 0 Å². The topological polar surface area (TPSA) is 75.3 Å². The first-order valence-electron chi connectivity index (χ1n) is 9.69. The molecule has 0 radical (unpaired) electrons. The van der Waals surface area contributed by atoms with Crippen LogP contribution in [0.5, 0.6) is 0 Å². The number of rotatable bonds is 4. The number of sulfone groups is 1. The van der Waals surface area contributed by atoms with E-state index in [0.29, 0.717) is 24.7 Å². The molecule has 2 fully saturated rings. The number of carbonyl (C=O) groups excluding carboxylic acids is 1. The van der Waals surface area contributed by atoms with Gasteiger partial charge in [0.05, 0.1) is 4.75 Å². The van der Waals surface area contributed by atoms with Crippen molar-refractivity contribution in [2.45, 2.75) is 55.7 Å². The molecule has 142 valence electrons. The van der Waals surface area contributed by atoms with Crippen LogP contribution in [-0.2, 0) is 22.7 Å². The Balaban J connectivity index is 1.39. The SMILES string of the molecule is CS(=O)(=O)C1(CNC(=O)NC2C3CCC2Cc2ccccc2C3)CCC1. The summed E-state index contributed by atoms with van der Waals surface area (Å²) in [7, 11) is -3.15. The number of urea groups is 1. The molecule has 2 atom stereocenters. The van der Waals surface area contributed by atoms with E-state index >= 15 is 0 Å². The third kappa shape index (κ3) is 3.13. The largest absolute Gasteiger partial charge is 0.337 e. The van der Waals surface area contributed by atoms with E-state index in [-0.39, 0.29) is 18.6 Å². The lowest BCUT2D eigenvalue weighted by atomic mass is 9.84. The van der Waals surface area contributed by atoms with Crippen LogP contribution in [0.1, 0.15) is 43.2 Å². The van der Waals surface area contributed by atoms with E-state index < -0.39 is 14.6 Å². The first-order valence-corrected chi connectivity index (χ1v) is 11.6. The highest BCUT2D eigenvalue weighted by Gasteiger charge is 2.46. The van der Waals surface area contributed by atoms with Crippen molar-refractivity contribution in [1.82, 2.24) is 10.6 Å². The predicted octanol–water partition coefficient (Wildman–Crippen LogP) is 2.45. The van der Waals surface area contributed by atoms with Crippen molar-refractivity contribution in [3.8, 4) is 0 Å². The first kappa shape index (κ1) is 17.8. The number of amides is 2. The van der Waals surface area contributed by atoms with Gasteiger partial charge in [0, 0.05) is 18.8 Å². The van der Waals surface area contributed by atoms with Crippen LogP contribution in [0.25, 0.3) is 0 Å². The Labute approximate surface area is 155 Å². The maximum atomic E-state index is 12.5. The molecular weight excluding hydrogens is 348 g/mol. The zero-order valence-electron chi connectivity index (χ0n) is 15.3. The molecule has 0 saturated heterocycles. The third-order valence-electron chi connectivity index (χ3n) is 6.93. The molecule has 2 N–H and O–H groups in total. The van der Waals surface area contributed by atoms with Crippen LogP contribution in [0, 0.1) is 11.8 Å². The summed E-state index contributed by atoms with van der Waals surface area (Å²) in [5, 5.41) is 6.04. The van der Waals surface area contributed by atoms with E-state index in [1.54, 1.807) is 0 Å². The smallest absolute Gasteiger partial charge is 0.315 e. The van der Waals surface area contributed by atoms with Gasteiger partial charge in [-0.1, -0.05) is 30.7 Å². The Morgan fingerprint density at radius 2 is 1.69 bits per heavy atom. The summed E-state index contributed by atoms with van der Waals surface area (Å²) in [6.45, 7) is 0.222. The molecule has 26 heavy (non-hydrogen) atoms. The van der Waals surface area contributed by atoms with Crippen LogP contribution in [0.2, 0.25) is 0 Å². The fourth-order valence-corrected chi connectivity index (χ4v) is 6.44. The Hall–Kier alpha value is -1.56. The quantitative estimate of drug-likeness (QED) is 0.847. The summed E-state index contributed by atoms with van der Waals surface area (Å²) in [6, 6.07) is 8.57. The third-order valence-corrected chi connectivity index (χ3v) is 9.05. The summed E-state index contributed by atoms with van der Waals surface area (Å²) in [5.74, 6) is 0.948. The molecule has 1 aromatic carbocycles.